The van der Waals surface area contributed by atoms with Gasteiger partial charge in [0.1, 0.15) is 11.6 Å². The molecule has 0 saturated carbocycles. The van der Waals surface area contributed by atoms with Crippen LogP contribution in [0.2, 0.25) is 0 Å². The number of hydrogen-bond acceptors (Lipinski definition) is 10. The number of ether oxygens (including phenoxy) is 5. The Labute approximate surface area is 375 Å². The Morgan fingerprint density at radius 2 is 1.54 bits per heavy atom. The molecule has 0 bridgehead atoms. The van der Waals surface area contributed by atoms with Gasteiger partial charge < -0.3 is 45.0 Å². The first kappa shape index (κ1) is 47.5. The zero-order chi connectivity index (χ0) is 39.1. The van der Waals surface area contributed by atoms with E-state index >= 15 is 0 Å². The van der Waals surface area contributed by atoms with E-state index in [0.717, 1.165) is 80.9 Å². The summed E-state index contributed by atoms with van der Waals surface area (Å²) in [5, 5.41) is 17.2. The van der Waals surface area contributed by atoms with Gasteiger partial charge in [0.2, 0.25) is 0 Å². The average molecular weight is 798 g/mol. The van der Waals surface area contributed by atoms with E-state index in [9.17, 15) is 4.79 Å². The van der Waals surface area contributed by atoms with Gasteiger partial charge >= 0.3 is 57.4 Å². The normalized spacial score (nSPS) is 14.7. The molecule has 1 atom stereocenters. The molecule has 1 aliphatic rings. The molecule has 1 aromatic heterocycles. The van der Waals surface area contributed by atoms with Crippen molar-refractivity contribution >= 4 is 29.0 Å². The Morgan fingerprint density at radius 1 is 0.911 bits per heavy atom. The third kappa shape index (κ3) is 17.3. The fraction of sp³-hybridized carbons (Fsp3) is 0.524. The second-order valence-corrected chi connectivity index (χ2v) is 13.8. The number of unbranched alkanes of at least 4 members (excludes halogenated alkanes) is 3. The third-order valence-electron chi connectivity index (χ3n) is 9.54. The summed E-state index contributed by atoms with van der Waals surface area (Å²) in [4.78, 5) is 21.9. The van der Waals surface area contributed by atoms with Crippen molar-refractivity contribution in [1.29, 1.82) is 5.41 Å². The van der Waals surface area contributed by atoms with Gasteiger partial charge in [-0.1, -0.05) is 55.3 Å². The number of piperidine rings is 1. The maximum absolute atomic E-state index is 11.0. The Morgan fingerprint density at radius 3 is 2.20 bits per heavy atom. The van der Waals surface area contributed by atoms with E-state index in [4.69, 9.17) is 35.4 Å². The minimum absolute atomic E-state index is 0. The predicted molar refractivity (Wildman–Crippen MR) is 218 cm³/mol. The minimum Gasteiger partial charge on any atom is -0.678 e. The number of carbonyl (C=O) groups excluding carboxylic acids is 1. The fourth-order valence-electron chi connectivity index (χ4n) is 6.14. The quantitative estimate of drug-likeness (QED) is 0.0374. The van der Waals surface area contributed by atoms with E-state index in [1.54, 1.807) is 24.5 Å². The van der Waals surface area contributed by atoms with Crippen LogP contribution in [0.15, 0.2) is 78.0 Å². The number of methoxy groups -OCH3 is 1. The summed E-state index contributed by atoms with van der Waals surface area (Å²) >= 11 is 0. The van der Waals surface area contributed by atoms with Crippen LogP contribution in [0.5, 0.6) is 5.75 Å². The number of aliphatic imine (C=N–C) groups is 1. The van der Waals surface area contributed by atoms with Crippen LogP contribution < -0.4 is 67.2 Å². The number of nitrogens with zero attached hydrogens (tertiary/aromatic N) is 4. The number of carbonyl (C=O) groups is 1. The van der Waals surface area contributed by atoms with E-state index in [0.29, 0.717) is 63.9 Å². The number of amidine groups is 2. The van der Waals surface area contributed by atoms with Crippen molar-refractivity contribution < 1.29 is 79.9 Å². The largest absolute Gasteiger partial charge is 1.00 e. The van der Waals surface area contributed by atoms with Crippen molar-refractivity contribution in [2.45, 2.75) is 69.9 Å². The van der Waals surface area contributed by atoms with E-state index < -0.39 is 5.54 Å². The molecule has 1 saturated heterocycles. The molecule has 0 amide bonds. The molecule has 3 aromatic rings. The van der Waals surface area contributed by atoms with E-state index in [1.807, 2.05) is 30.3 Å². The maximum Gasteiger partial charge on any atom is 1.00 e. The molecule has 56 heavy (non-hydrogen) atoms. The SMILES string of the molecule is COC(=O)CCCOCCOCCOCCCCCCOc1ccc(C(C)[N-]c2cccc(NC3(C(N)=NC(=N)c4ccncc4)CCN(C)CC3)c2)cc1.[K+]. The van der Waals surface area contributed by atoms with Gasteiger partial charge in [-0.25, -0.2) is 4.99 Å². The molecule has 14 heteroatoms. The summed E-state index contributed by atoms with van der Waals surface area (Å²) in [7, 11) is 3.50. The molecular weight excluding hydrogens is 738 g/mol. The molecule has 4 N–H and O–H groups in total. The number of likely N-dealkylation sites (tertiary alicyclic amines) is 1. The molecule has 1 unspecified atom stereocenters. The van der Waals surface area contributed by atoms with Crippen LogP contribution in [0.3, 0.4) is 0 Å². The Balaban J connectivity index is 0.00000841. The summed E-state index contributed by atoms with van der Waals surface area (Å²) in [5.74, 6) is 1.18. The topological polar surface area (TPSA) is 168 Å². The van der Waals surface area contributed by atoms with Gasteiger partial charge in [0.25, 0.3) is 0 Å². The molecule has 2 heterocycles. The van der Waals surface area contributed by atoms with E-state index in [2.05, 4.69) is 57.1 Å². The first-order valence-corrected chi connectivity index (χ1v) is 19.4. The minimum atomic E-state index is -0.579. The summed E-state index contributed by atoms with van der Waals surface area (Å²) in [6.45, 7) is 7.88. The van der Waals surface area contributed by atoms with Gasteiger partial charge in [0.15, 0.2) is 5.84 Å². The maximum atomic E-state index is 11.0. The number of pyridine rings is 1. The van der Waals surface area contributed by atoms with Gasteiger partial charge in [-0.05, 0) is 75.9 Å². The van der Waals surface area contributed by atoms with Crippen molar-refractivity contribution in [3.8, 4) is 5.75 Å². The molecule has 1 fully saturated rings. The fourth-order valence-corrected chi connectivity index (χ4v) is 6.14. The van der Waals surface area contributed by atoms with Gasteiger partial charge in [0.05, 0.1) is 45.7 Å². The number of nitrogens with two attached hydrogens (primary N) is 1. The van der Waals surface area contributed by atoms with Crippen molar-refractivity contribution in [2.24, 2.45) is 10.7 Å². The van der Waals surface area contributed by atoms with Crippen LogP contribution >= 0.6 is 0 Å². The zero-order valence-corrected chi connectivity index (χ0v) is 37.0. The van der Waals surface area contributed by atoms with Crippen LogP contribution in [0.1, 0.15) is 75.5 Å². The number of nitrogens with one attached hydrogen (secondary N) is 2. The summed E-state index contributed by atoms with van der Waals surface area (Å²) in [5.41, 5.74) is 9.67. The summed E-state index contributed by atoms with van der Waals surface area (Å²) in [6, 6.07) is 19.8. The number of benzene rings is 2. The second-order valence-electron chi connectivity index (χ2n) is 13.8. The Bertz CT molecular complexity index is 1590. The Hall–Kier alpha value is -2.92. The third-order valence-corrected chi connectivity index (χ3v) is 9.54. The molecular formula is C42H60KN7O6. The monoisotopic (exact) mass is 797 g/mol. The predicted octanol–water partition coefficient (Wildman–Crippen LogP) is 4.05. The summed E-state index contributed by atoms with van der Waals surface area (Å²) < 4.78 is 27.2. The molecule has 0 radical (unpaired) electrons. The molecule has 1 aliphatic heterocycles. The number of anilines is 1. The molecule has 4 rings (SSSR count). The average Bonchev–Trinajstić information content (AvgIpc) is 3.20. The van der Waals surface area contributed by atoms with Crippen molar-refractivity contribution in [3.05, 3.63) is 89.5 Å². The van der Waals surface area contributed by atoms with Gasteiger partial charge in [-0.2, -0.15) is 0 Å². The van der Waals surface area contributed by atoms with Gasteiger partial charge in [0, 0.05) is 56.4 Å². The molecule has 0 aliphatic carbocycles. The standard InChI is InChI=1S/C42H60N7O6.K/c1-33(34-13-15-38(16-14-34)55-27-7-5-4-6-25-52-28-30-54-31-29-53-26-9-12-39(50)51-3)46-36-10-8-11-37(32-36)48-42(19-23-49(2)24-20-42)41(44)47-40(43)35-17-21-45-22-18-35;/h8,10-11,13-18,21-22,32-33,48H,4-7,9,12,19-20,23-31H2,1-3H3,(H3,43,44,47);/q-1;+1. The van der Waals surface area contributed by atoms with Crippen LogP contribution in [-0.4, -0.2) is 107 Å². The molecule has 0 spiro atoms. The number of esters is 1. The zero-order valence-electron chi connectivity index (χ0n) is 33.8. The van der Waals surface area contributed by atoms with Crippen LogP contribution in [-0.2, 0) is 23.7 Å². The van der Waals surface area contributed by atoms with Crippen LogP contribution in [0.25, 0.3) is 5.32 Å². The van der Waals surface area contributed by atoms with Gasteiger partial charge in [-0.15, -0.1) is 5.69 Å². The number of rotatable bonds is 25. The number of hydrogen-bond donors (Lipinski definition) is 3. The first-order chi connectivity index (χ1) is 26.8. The van der Waals surface area contributed by atoms with Crippen molar-refractivity contribution in [2.75, 3.05) is 78.8 Å². The Kier molecular flexibility index (Phi) is 22.8. The van der Waals surface area contributed by atoms with Crippen LogP contribution in [0, 0.1) is 5.41 Å². The molecule has 13 nitrogen and oxygen atoms in total. The smallest absolute Gasteiger partial charge is 0.678 e. The molecule has 300 valence electrons. The summed E-state index contributed by atoms with van der Waals surface area (Å²) in [6.07, 6.45) is 10.0. The molecule has 2 aromatic carbocycles. The van der Waals surface area contributed by atoms with Gasteiger partial charge in [-0.3, -0.25) is 15.2 Å². The van der Waals surface area contributed by atoms with Crippen molar-refractivity contribution in [1.82, 2.24) is 9.88 Å². The second kappa shape index (κ2) is 26.9. The number of aromatic nitrogens is 1. The first-order valence-electron chi connectivity index (χ1n) is 19.4. The van der Waals surface area contributed by atoms with Crippen LogP contribution in [0.4, 0.5) is 11.4 Å². The van der Waals surface area contributed by atoms with E-state index in [-0.39, 0.29) is 69.2 Å². The van der Waals surface area contributed by atoms with E-state index in [1.165, 1.54) is 7.11 Å². The van der Waals surface area contributed by atoms with Crippen molar-refractivity contribution in [3.63, 3.8) is 0 Å².